The highest BCUT2D eigenvalue weighted by Gasteiger charge is 2.44. The zero-order chi connectivity index (χ0) is 16.7. The third kappa shape index (κ3) is 2.30. The molecule has 0 saturated carbocycles. The summed E-state index contributed by atoms with van der Waals surface area (Å²) in [5.74, 6) is 2.93. The van der Waals surface area contributed by atoms with E-state index in [9.17, 15) is 0 Å². The lowest BCUT2D eigenvalue weighted by molar-refractivity contribution is 0.152. The summed E-state index contributed by atoms with van der Waals surface area (Å²) in [6, 6.07) is 6.56. The van der Waals surface area contributed by atoms with Gasteiger partial charge in [-0.05, 0) is 73.6 Å². The molecular formula is C22H28O2. The molecule has 2 atom stereocenters. The van der Waals surface area contributed by atoms with Crippen LogP contribution >= 0.6 is 0 Å². The van der Waals surface area contributed by atoms with Crippen molar-refractivity contribution >= 4 is 5.57 Å². The SMILES string of the molecule is CCOC1=C[C@H]2CCC3=C(CCc4c(OC)cccc43)[C@]2(C)CC1. The van der Waals surface area contributed by atoms with Crippen molar-refractivity contribution in [1.82, 2.24) is 0 Å². The van der Waals surface area contributed by atoms with Gasteiger partial charge in [0.25, 0.3) is 0 Å². The summed E-state index contributed by atoms with van der Waals surface area (Å²) in [5.41, 5.74) is 6.51. The van der Waals surface area contributed by atoms with Crippen molar-refractivity contribution in [2.75, 3.05) is 13.7 Å². The summed E-state index contributed by atoms with van der Waals surface area (Å²) in [4.78, 5) is 0. The molecule has 0 aromatic heterocycles. The number of benzene rings is 1. The molecular weight excluding hydrogens is 296 g/mol. The Morgan fingerprint density at radius 1 is 1.17 bits per heavy atom. The number of ether oxygens (including phenoxy) is 2. The van der Waals surface area contributed by atoms with Crippen LogP contribution in [0.25, 0.3) is 5.57 Å². The van der Waals surface area contributed by atoms with E-state index in [-0.39, 0.29) is 0 Å². The molecule has 0 heterocycles. The number of methoxy groups -OCH3 is 1. The fourth-order valence-corrected chi connectivity index (χ4v) is 5.22. The summed E-state index contributed by atoms with van der Waals surface area (Å²) >= 11 is 0. The molecule has 3 aliphatic rings. The second-order valence-electron chi connectivity index (χ2n) is 7.57. The van der Waals surface area contributed by atoms with Crippen LogP contribution in [0, 0.1) is 11.3 Å². The summed E-state index contributed by atoms with van der Waals surface area (Å²) < 4.78 is 11.4. The van der Waals surface area contributed by atoms with Gasteiger partial charge in [-0.15, -0.1) is 0 Å². The first-order chi connectivity index (χ1) is 11.7. The maximum absolute atomic E-state index is 5.83. The Bertz CT molecular complexity index is 713. The fraction of sp³-hybridized carbons (Fsp3) is 0.545. The fourth-order valence-electron chi connectivity index (χ4n) is 5.22. The Balaban J connectivity index is 1.76. The van der Waals surface area contributed by atoms with Gasteiger partial charge in [-0.25, -0.2) is 0 Å². The van der Waals surface area contributed by atoms with Crippen LogP contribution < -0.4 is 4.74 Å². The summed E-state index contributed by atoms with van der Waals surface area (Å²) in [6.45, 7) is 5.37. The highest BCUT2D eigenvalue weighted by Crippen LogP contribution is 2.57. The second kappa shape index (κ2) is 5.98. The predicted octanol–water partition coefficient (Wildman–Crippen LogP) is 5.53. The van der Waals surface area contributed by atoms with E-state index in [0.29, 0.717) is 11.3 Å². The van der Waals surface area contributed by atoms with Crippen LogP contribution in [0.4, 0.5) is 0 Å². The summed E-state index contributed by atoms with van der Waals surface area (Å²) in [6.07, 6.45) is 9.48. The lowest BCUT2D eigenvalue weighted by Gasteiger charge is -2.48. The molecule has 4 rings (SSSR count). The van der Waals surface area contributed by atoms with Gasteiger partial charge in [-0.1, -0.05) is 24.6 Å². The normalized spacial score (nSPS) is 28.5. The highest BCUT2D eigenvalue weighted by molar-refractivity contribution is 5.77. The van der Waals surface area contributed by atoms with Crippen molar-refractivity contribution < 1.29 is 9.47 Å². The van der Waals surface area contributed by atoms with E-state index in [2.05, 4.69) is 38.1 Å². The molecule has 128 valence electrons. The molecule has 2 nitrogen and oxygen atoms in total. The Labute approximate surface area is 145 Å². The zero-order valence-electron chi connectivity index (χ0n) is 15.2. The molecule has 0 spiro atoms. The van der Waals surface area contributed by atoms with E-state index < -0.39 is 0 Å². The van der Waals surface area contributed by atoms with Gasteiger partial charge in [0.1, 0.15) is 5.75 Å². The molecule has 0 fully saturated rings. The largest absolute Gasteiger partial charge is 0.499 e. The van der Waals surface area contributed by atoms with Crippen molar-refractivity contribution in [1.29, 1.82) is 0 Å². The van der Waals surface area contributed by atoms with Crippen LogP contribution in [-0.2, 0) is 11.2 Å². The Morgan fingerprint density at radius 2 is 2.04 bits per heavy atom. The molecule has 1 aromatic rings. The number of hydrogen-bond donors (Lipinski definition) is 0. The van der Waals surface area contributed by atoms with Gasteiger partial charge < -0.3 is 9.47 Å². The molecule has 0 bridgehead atoms. The van der Waals surface area contributed by atoms with Gasteiger partial charge in [0, 0.05) is 12.0 Å². The molecule has 0 saturated heterocycles. The van der Waals surface area contributed by atoms with Crippen LogP contribution in [0.3, 0.4) is 0 Å². The van der Waals surface area contributed by atoms with E-state index in [4.69, 9.17) is 9.47 Å². The van der Waals surface area contributed by atoms with Crippen LogP contribution in [-0.4, -0.2) is 13.7 Å². The van der Waals surface area contributed by atoms with Gasteiger partial charge in [-0.3, -0.25) is 0 Å². The minimum atomic E-state index is 0.314. The van der Waals surface area contributed by atoms with Crippen LogP contribution in [0.1, 0.15) is 57.1 Å². The van der Waals surface area contributed by atoms with Gasteiger partial charge in [0.2, 0.25) is 0 Å². The van der Waals surface area contributed by atoms with E-state index in [0.717, 1.165) is 25.2 Å². The smallest absolute Gasteiger partial charge is 0.122 e. The standard InChI is InChI=1S/C22H28O2/c1-4-24-16-12-13-22(2)15(14-16)8-9-18-17-6-5-7-21(23-3)19(17)10-11-20(18)22/h5-7,14-15H,4,8-13H2,1-3H3/t15-,22-/m1/s1. The first-order valence-electron chi connectivity index (χ1n) is 9.39. The topological polar surface area (TPSA) is 18.5 Å². The maximum Gasteiger partial charge on any atom is 0.122 e. The molecule has 0 N–H and O–H groups in total. The van der Waals surface area contributed by atoms with Crippen molar-refractivity contribution in [3.63, 3.8) is 0 Å². The van der Waals surface area contributed by atoms with Crippen LogP contribution in [0.15, 0.2) is 35.6 Å². The average molecular weight is 324 g/mol. The van der Waals surface area contributed by atoms with E-state index in [1.54, 1.807) is 18.3 Å². The van der Waals surface area contributed by atoms with Gasteiger partial charge in [0.15, 0.2) is 0 Å². The molecule has 1 aromatic carbocycles. The zero-order valence-corrected chi connectivity index (χ0v) is 15.2. The molecule has 24 heavy (non-hydrogen) atoms. The molecule has 0 radical (unpaired) electrons. The minimum Gasteiger partial charge on any atom is -0.499 e. The van der Waals surface area contributed by atoms with Crippen molar-refractivity contribution in [3.8, 4) is 5.75 Å². The second-order valence-corrected chi connectivity index (χ2v) is 7.57. The van der Waals surface area contributed by atoms with Crippen molar-refractivity contribution in [3.05, 3.63) is 46.7 Å². The number of rotatable bonds is 3. The molecule has 0 amide bonds. The van der Waals surface area contributed by atoms with Crippen molar-refractivity contribution in [2.24, 2.45) is 11.3 Å². The first-order valence-corrected chi connectivity index (χ1v) is 9.39. The summed E-state index contributed by atoms with van der Waals surface area (Å²) in [5, 5.41) is 0. The molecule has 2 heteroatoms. The maximum atomic E-state index is 5.83. The lowest BCUT2D eigenvalue weighted by Crippen LogP contribution is -2.36. The van der Waals surface area contributed by atoms with Crippen molar-refractivity contribution in [2.45, 2.75) is 52.4 Å². The Kier molecular flexibility index (Phi) is 3.94. The van der Waals surface area contributed by atoms with E-state index in [1.807, 2.05) is 0 Å². The number of allylic oxidation sites excluding steroid dienone is 4. The summed E-state index contributed by atoms with van der Waals surface area (Å²) in [7, 11) is 1.79. The highest BCUT2D eigenvalue weighted by atomic mass is 16.5. The third-order valence-electron chi connectivity index (χ3n) is 6.49. The molecule has 3 aliphatic carbocycles. The quantitative estimate of drug-likeness (QED) is 0.728. The first kappa shape index (κ1) is 15.8. The predicted molar refractivity (Wildman–Crippen MR) is 98.0 cm³/mol. The molecule has 0 aliphatic heterocycles. The molecule has 0 unspecified atom stereocenters. The average Bonchev–Trinajstić information content (AvgIpc) is 2.61. The lowest BCUT2D eigenvalue weighted by atomic mass is 9.57. The van der Waals surface area contributed by atoms with Crippen LogP contribution in [0.5, 0.6) is 5.75 Å². The van der Waals surface area contributed by atoms with Gasteiger partial charge in [-0.2, -0.15) is 0 Å². The monoisotopic (exact) mass is 324 g/mol. The van der Waals surface area contributed by atoms with E-state index >= 15 is 0 Å². The number of fused-ring (bicyclic) bond motifs is 4. The Morgan fingerprint density at radius 3 is 2.83 bits per heavy atom. The van der Waals surface area contributed by atoms with Gasteiger partial charge >= 0.3 is 0 Å². The minimum absolute atomic E-state index is 0.314. The van der Waals surface area contributed by atoms with E-state index in [1.165, 1.54) is 42.6 Å². The van der Waals surface area contributed by atoms with Crippen LogP contribution in [0.2, 0.25) is 0 Å². The number of hydrogen-bond acceptors (Lipinski definition) is 2. The van der Waals surface area contributed by atoms with Gasteiger partial charge in [0.05, 0.1) is 19.5 Å². The third-order valence-corrected chi connectivity index (χ3v) is 6.49. The Hall–Kier alpha value is -1.70.